The van der Waals surface area contributed by atoms with Crippen LogP contribution in [0, 0.1) is 5.92 Å². The summed E-state index contributed by atoms with van der Waals surface area (Å²) in [6.45, 7) is 4.14. The molecule has 0 atom stereocenters. The number of amides is 1. The van der Waals surface area contributed by atoms with Crippen LogP contribution in [0.5, 0.6) is 17.2 Å². The van der Waals surface area contributed by atoms with Gasteiger partial charge in [0.05, 0.1) is 21.3 Å². The van der Waals surface area contributed by atoms with Crippen LogP contribution in [0.15, 0.2) is 12.1 Å². The van der Waals surface area contributed by atoms with E-state index in [1.165, 1.54) is 38.5 Å². The lowest BCUT2D eigenvalue weighted by atomic mass is 9.86. The third kappa shape index (κ3) is 5.81. The van der Waals surface area contributed by atoms with Gasteiger partial charge >= 0.3 is 0 Å². The molecule has 1 amide bonds. The molecule has 0 aromatic heterocycles. The lowest BCUT2D eigenvalue weighted by Gasteiger charge is -2.35. The molecule has 1 saturated heterocycles. The summed E-state index contributed by atoms with van der Waals surface area (Å²) in [5.74, 6) is 3.21. The number of hydrogen-bond donors (Lipinski definition) is 0. The molecular formula is C24H38N2O4. The van der Waals surface area contributed by atoms with Crippen LogP contribution < -0.4 is 14.2 Å². The number of hydrogen-bond acceptors (Lipinski definition) is 5. The fourth-order valence-corrected chi connectivity index (χ4v) is 4.86. The minimum absolute atomic E-state index is 0.328. The van der Waals surface area contributed by atoms with Crippen molar-refractivity contribution in [1.29, 1.82) is 0 Å². The van der Waals surface area contributed by atoms with E-state index in [1.54, 1.807) is 21.3 Å². The number of nitrogens with zero attached hydrogens (tertiary/aromatic N) is 2. The van der Waals surface area contributed by atoms with E-state index in [0.717, 1.165) is 56.4 Å². The Bertz CT molecular complexity index is 680. The van der Waals surface area contributed by atoms with E-state index in [1.807, 2.05) is 17.0 Å². The summed E-state index contributed by atoms with van der Waals surface area (Å²) in [4.78, 5) is 17.0. The number of piperazine rings is 1. The number of rotatable bonds is 9. The summed E-state index contributed by atoms with van der Waals surface area (Å²) < 4.78 is 16.5. The highest BCUT2D eigenvalue weighted by Crippen LogP contribution is 2.40. The standard InChI is InChI=1S/C24H38N2O4/c1-28-21-13-12-20(23(29-2)24(21)30-3)18-25-14-16-26(17-15-25)22(27)11-7-10-19-8-5-4-6-9-19/h12-13,19H,4-11,14-18H2,1-3H3. The van der Waals surface area contributed by atoms with Crippen molar-refractivity contribution in [2.45, 2.75) is 57.9 Å². The fourth-order valence-electron chi connectivity index (χ4n) is 4.86. The molecule has 6 heteroatoms. The third-order valence-corrected chi connectivity index (χ3v) is 6.63. The third-order valence-electron chi connectivity index (χ3n) is 6.63. The first-order valence-corrected chi connectivity index (χ1v) is 11.4. The van der Waals surface area contributed by atoms with E-state index in [4.69, 9.17) is 14.2 Å². The predicted molar refractivity (Wildman–Crippen MR) is 118 cm³/mol. The van der Waals surface area contributed by atoms with E-state index in [2.05, 4.69) is 4.90 Å². The van der Waals surface area contributed by atoms with Crippen LogP contribution >= 0.6 is 0 Å². The van der Waals surface area contributed by atoms with Gasteiger partial charge in [-0.25, -0.2) is 0 Å². The van der Waals surface area contributed by atoms with Crippen LogP contribution in [-0.4, -0.2) is 63.2 Å². The van der Waals surface area contributed by atoms with Crippen LogP contribution in [0.3, 0.4) is 0 Å². The Morgan fingerprint density at radius 2 is 1.63 bits per heavy atom. The second kappa shape index (κ2) is 11.4. The Morgan fingerprint density at radius 3 is 2.27 bits per heavy atom. The number of benzene rings is 1. The molecule has 2 fully saturated rings. The second-order valence-corrected chi connectivity index (χ2v) is 8.55. The average molecular weight is 419 g/mol. The first-order chi connectivity index (χ1) is 14.7. The molecule has 0 bridgehead atoms. The second-order valence-electron chi connectivity index (χ2n) is 8.55. The van der Waals surface area contributed by atoms with Crippen molar-refractivity contribution in [2.75, 3.05) is 47.5 Å². The smallest absolute Gasteiger partial charge is 0.222 e. The van der Waals surface area contributed by atoms with Crippen LogP contribution in [0.4, 0.5) is 0 Å². The Labute approximate surface area is 181 Å². The maximum Gasteiger partial charge on any atom is 0.222 e. The maximum atomic E-state index is 12.6. The van der Waals surface area contributed by atoms with Crippen molar-refractivity contribution >= 4 is 5.91 Å². The Balaban J connectivity index is 1.45. The molecule has 30 heavy (non-hydrogen) atoms. The summed E-state index contributed by atoms with van der Waals surface area (Å²) >= 11 is 0. The number of methoxy groups -OCH3 is 3. The van der Waals surface area contributed by atoms with Gasteiger partial charge in [-0.1, -0.05) is 38.2 Å². The molecule has 0 radical (unpaired) electrons. The van der Waals surface area contributed by atoms with Crippen LogP contribution in [0.1, 0.15) is 56.9 Å². The van der Waals surface area contributed by atoms with Gasteiger partial charge in [0.2, 0.25) is 11.7 Å². The number of ether oxygens (including phenoxy) is 3. The van der Waals surface area contributed by atoms with E-state index >= 15 is 0 Å². The highest BCUT2D eigenvalue weighted by atomic mass is 16.5. The molecule has 0 spiro atoms. The topological polar surface area (TPSA) is 51.2 Å². The first kappa shape index (κ1) is 22.7. The molecule has 1 heterocycles. The van der Waals surface area contributed by atoms with Gasteiger partial charge in [-0.3, -0.25) is 9.69 Å². The highest BCUT2D eigenvalue weighted by Gasteiger charge is 2.23. The van der Waals surface area contributed by atoms with E-state index < -0.39 is 0 Å². The summed E-state index contributed by atoms with van der Waals surface area (Å²) in [5.41, 5.74) is 1.07. The van der Waals surface area contributed by atoms with E-state index in [9.17, 15) is 4.79 Å². The summed E-state index contributed by atoms with van der Waals surface area (Å²) in [6.07, 6.45) is 9.88. The molecule has 0 N–H and O–H groups in total. The molecule has 1 aliphatic carbocycles. The van der Waals surface area contributed by atoms with Crippen molar-refractivity contribution < 1.29 is 19.0 Å². The lowest BCUT2D eigenvalue weighted by Crippen LogP contribution is -2.48. The normalized spacial score (nSPS) is 18.3. The molecule has 2 aliphatic rings. The fraction of sp³-hybridized carbons (Fsp3) is 0.708. The molecule has 0 unspecified atom stereocenters. The van der Waals surface area contributed by atoms with Crippen LogP contribution in [-0.2, 0) is 11.3 Å². The van der Waals surface area contributed by atoms with Crippen molar-refractivity contribution in [3.05, 3.63) is 17.7 Å². The monoisotopic (exact) mass is 418 g/mol. The summed E-state index contributed by atoms with van der Waals surface area (Å²) in [6, 6.07) is 3.95. The van der Waals surface area contributed by atoms with Gasteiger partial charge in [-0.2, -0.15) is 0 Å². The van der Waals surface area contributed by atoms with Gasteiger partial charge in [0.15, 0.2) is 11.5 Å². The predicted octanol–water partition coefficient (Wildman–Crippen LogP) is 4.11. The average Bonchev–Trinajstić information content (AvgIpc) is 2.79. The van der Waals surface area contributed by atoms with Gasteiger partial charge in [0.25, 0.3) is 0 Å². The van der Waals surface area contributed by atoms with Gasteiger partial charge in [0, 0.05) is 44.7 Å². The van der Waals surface area contributed by atoms with Crippen molar-refractivity contribution in [2.24, 2.45) is 5.92 Å². The van der Waals surface area contributed by atoms with Gasteiger partial charge in [-0.15, -0.1) is 0 Å². The van der Waals surface area contributed by atoms with Crippen molar-refractivity contribution in [3.63, 3.8) is 0 Å². The summed E-state index contributed by atoms with van der Waals surface area (Å²) in [5, 5.41) is 0. The molecule has 1 aromatic rings. The number of carbonyl (C=O) groups excluding carboxylic acids is 1. The van der Waals surface area contributed by atoms with Gasteiger partial charge in [-0.05, 0) is 24.8 Å². The van der Waals surface area contributed by atoms with Crippen molar-refractivity contribution in [1.82, 2.24) is 9.80 Å². The zero-order valence-electron chi connectivity index (χ0n) is 19.0. The Kier molecular flexibility index (Phi) is 8.67. The zero-order valence-corrected chi connectivity index (χ0v) is 19.0. The molecule has 6 nitrogen and oxygen atoms in total. The zero-order chi connectivity index (χ0) is 21.3. The Morgan fingerprint density at radius 1 is 0.933 bits per heavy atom. The SMILES string of the molecule is COc1ccc(CN2CCN(C(=O)CCCC3CCCCC3)CC2)c(OC)c1OC. The molecule has 168 valence electrons. The van der Waals surface area contributed by atoms with E-state index in [0.29, 0.717) is 23.8 Å². The lowest BCUT2D eigenvalue weighted by molar-refractivity contribution is -0.133. The van der Waals surface area contributed by atoms with Crippen LogP contribution in [0.25, 0.3) is 0 Å². The van der Waals surface area contributed by atoms with Crippen LogP contribution in [0.2, 0.25) is 0 Å². The molecule has 3 rings (SSSR count). The first-order valence-electron chi connectivity index (χ1n) is 11.4. The largest absolute Gasteiger partial charge is 0.493 e. The molecular weight excluding hydrogens is 380 g/mol. The summed E-state index contributed by atoms with van der Waals surface area (Å²) in [7, 11) is 4.91. The molecule has 1 aromatic carbocycles. The quantitative estimate of drug-likeness (QED) is 0.604. The minimum Gasteiger partial charge on any atom is -0.493 e. The van der Waals surface area contributed by atoms with E-state index in [-0.39, 0.29) is 0 Å². The van der Waals surface area contributed by atoms with Crippen molar-refractivity contribution in [3.8, 4) is 17.2 Å². The highest BCUT2D eigenvalue weighted by molar-refractivity contribution is 5.76. The molecule has 1 saturated carbocycles. The molecule has 1 aliphatic heterocycles. The minimum atomic E-state index is 0.328. The number of carbonyl (C=O) groups is 1. The van der Waals surface area contributed by atoms with Gasteiger partial charge in [0.1, 0.15) is 0 Å². The Hall–Kier alpha value is -1.95. The maximum absolute atomic E-state index is 12.6. The van der Waals surface area contributed by atoms with Gasteiger partial charge < -0.3 is 19.1 Å².